The Hall–Kier alpha value is -3.60. The Kier molecular flexibility index (Phi) is 6.41. The lowest BCUT2D eigenvalue weighted by Crippen LogP contribution is -2.25. The maximum Gasteiger partial charge on any atom is 0.255 e. The molecule has 3 aromatic rings. The molecule has 0 aliphatic heterocycles. The first-order valence-electron chi connectivity index (χ1n) is 9.03. The van der Waals surface area contributed by atoms with Gasteiger partial charge in [-0.15, -0.1) is 0 Å². The van der Waals surface area contributed by atoms with Crippen LogP contribution in [0.1, 0.15) is 26.3 Å². The van der Waals surface area contributed by atoms with Crippen molar-refractivity contribution in [3.05, 3.63) is 95.6 Å². The minimum absolute atomic E-state index is 0.163. The first-order valence-corrected chi connectivity index (χ1v) is 9.03. The van der Waals surface area contributed by atoms with Crippen LogP contribution in [0.15, 0.2) is 78.9 Å². The molecule has 0 saturated heterocycles. The van der Waals surface area contributed by atoms with Gasteiger partial charge in [0.25, 0.3) is 11.8 Å². The van der Waals surface area contributed by atoms with E-state index in [0.29, 0.717) is 17.7 Å². The lowest BCUT2D eigenvalue weighted by molar-refractivity contribution is 0.0952. The molecule has 0 bridgehead atoms. The zero-order chi connectivity index (χ0) is 19.8. The standard InChI is InChI=1S/C23H22N2O3/c1-28-21-13-7-17(8-14-21)15-16-24-22(26)18-9-11-19(12-10-18)23(27)25-20-5-3-2-4-6-20/h2-14H,15-16H2,1H3,(H,24,26)(H,25,27). The Morgan fingerprint density at radius 1 is 0.786 bits per heavy atom. The van der Waals surface area contributed by atoms with Gasteiger partial charge in [-0.25, -0.2) is 0 Å². The average Bonchev–Trinajstić information content (AvgIpc) is 2.75. The number of anilines is 1. The second-order valence-electron chi connectivity index (χ2n) is 6.25. The normalized spacial score (nSPS) is 10.2. The molecule has 3 aromatic carbocycles. The van der Waals surface area contributed by atoms with Gasteiger partial charge in [0.15, 0.2) is 0 Å². The van der Waals surface area contributed by atoms with E-state index in [1.165, 1.54) is 0 Å². The SMILES string of the molecule is COc1ccc(CCNC(=O)c2ccc(C(=O)Nc3ccccc3)cc2)cc1. The van der Waals surface area contributed by atoms with Crippen molar-refractivity contribution in [3.63, 3.8) is 0 Å². The van der Waals surface area contributed by atoms with E-state index in [2.05, 4.69) is 10.6 Å². The molecule has 0 spiro atoms. The molecule has 0 fully saturated rings. The number of benzene rings is 3. The molecule has 0 aliphatic carbocycles. The summed E-state index contributed by atoms with van der Waals surface area (Å²) in [5.74, 6) is 0.436. The smallest absolute Gasteiger partial charge is 0.255 e. The lowest BCUT2D eigenvalue weighted by Gasteiger charge is -2.08. The molecule has 5 heteroatoms. The van der Waals surface area contributed by atoms with Crippen LogP contribution in [0, 0.1) is 0 Å². The minimum Gasteiger partial charge on any atom is -0.497 e. The molecule has 3 rings (SSSR count). The van der Waals surface area contributed by atoms with Gasteiger partial charge in [-0.1, -0.05) is 30.3 Å². The van der Waals surface area contributed by atoms with Gasteiger partial charge in [-0.3, -0.25) is 9.59 Å². The van der Waals surface area contributed by atoms with Crippen molar-refractivity contribution in [1.82, 2.24) is 5.32 Å². The molecule has 142 valence electrons. The van der Waals surface area contributed by atoms with Crippen molar-refractivity contribution in [2.75, 3.05) is 19.0 Å². The third-order valence-corrected chi connectivity index (χ3v) is 4.30. The Balaban J connectivity index is 1.50. The topological polar surface area (TPSA) is 67.4 Å². The van der Waals surface area contributed by atoms with E-state index in [1.807, 2.05) is 54.6 Å². The summed E-state index contributed by atoms with van der Waals surface area (Å²) in [7, 11) is 1.63. The van der Waals surface area contributed by atoms with Gasteiger partial charge in [0.1, 0.15) is 5.75 Å². The number of nitrogens with one attached hydrogen (secondary N) is 2. The largest absolute Gasteiger partial charge is 0.497 e. The van der Waals surface area contributed by atoms with Crippen LogP contribution in [0.3, 0.4) is 0 Å². The molecule has 0 radical (unpaired) electrons. The molecule has 2 N–H and O–H groups in total. The summed E-state index contributed by atoms with van der Waals surface area (Å²) in [4.78, 5) is 24.5. The third-order valence-electron chi connectivity index (χ3n) is 4.30. The highest BCUT2D eigenvalue weighted by Crippen LogP contribution is 2.12. The van der Waals surface area contributed by atoms with Crippen LogP contribution < -0.4 is 15.4 Å². The summed E-state index contributed by atoms with van der Waals surface area (Å²) in [6, 6.07) is 23.6. The number of rotatable bonds is 7. The zero-order valence-corrected chi connectivity index (χ0v) is 15.6. The maximum absolute atomic E-state index is 12.3. The molecule has 0 unspecified atom stereocenters. The first-order chi connectivity index (χ1) is 13.7. The number of hydrogen-bond acceptors (Lipinski definition) is 3. The predicted octanol–water partition coefficient (Wildman–Crippen LogP) is 3.92. The van der Waals surface area contributed by atoms with E-state index < -0.39 is 0 Å². The van der Waals surface area contributed by atoms with Crippen molar-refractivity contribution in [2.24, 2.45) is 0 Å². The number of para-hydroxylation sites is 1. The second kappa shape index (κ2) is 9.37. The monoisotopic (exact) mass is 374 g/mol. The number of ether oxygens (including phenoxy) is 1. The van der Waals surface area contributed by atoms with Crippen molar-refractivity contribution in [2.45, 2.75) is 6.42 Å². The quantitative estimate of drug-likeness (QED) is 0.659. The van der Waals surface area contributed by atoms with Crippen molar-refractivity contribution in [3.8, 4) is 5.75 Å². The predicted molar refractivity (Wildman–Crippen MR) is 110 cm³/mol. The lowest BCUT2D eigenvalue weighted by atomic mass is 10.1. The van der Waals surface area contributed by atoms with Gasteiger partial charge in [0.05, 0.1) is 7.11 Å². The third kappa shape index (κ3) is 5.20. The van der Waals surface area contributed by atoms with Crippen LogP contribution in [0.25, 0.3) is 0 Å². The molecule has 0 heterocycles. The maximum atomic E-state index is 12.3. The second-order valence-corrected chi connectivity index (χ2v) is 6.25. The summed E-state index contributed by atoms with van der Waals surface area (Å²) in [5, 5.41) is 5.71. The van der Waals surface area contributed by atoms with E-state index in [0.717, 1.165) is 23.4 Å². The first kappa shape index (κ1) is 19.2. The molecule has 0 aliphatic rings. The highest BCUT2D eigenvalue weighted by atomic mass is 16.5. The Morgan fingerprint density at radius 2 is 1.39 bits per heavy atom. The van der Waals surface area contributed by atoms with Crippen molar-refractivity contribution >= 4 is 17.5 Å². The van der Waals surface area contributed by atoms with Crippen LogP contribution in [0.4, 0.5) is 5.69 Å². The highest BCUT2D eigenvalue weighted by molar-refractivity contribution is 6.05. The van der Waals surface area contributed by atoms with Gasteiger partial charge in [0.2, 0.25) is 0 Å². The van der Waals surface area contributed by atoms with E-state index in [1.54, 1.807) is 31.4 Å². The number of methoxy groups -OCH3 is 1. The van der Waals surface area contributed by atoms with Crippen molar-refractivity contribution < 1.29 is 14.3 Å². The van der Waals surface area contributed by atoms with Gasteiger partial charge >= 0.3 is 0 Å². The van der Waals surface area contributed by atoms with E-state index >= 15 is 0 Å². The molecule has 0 saturated carbocycles. The van der Waals surface area contributed by atoms with Gasteiger partial charge in [-0.2, -0.15) is 0 Å². The Labute approximate surface area is 164 Å². The van der Waals surface area contributed by atoms with Crippen LogP contribution in [0.2, 0.25) is 0 Å². The van der Waals surface area contributed by atoms with Gasteiger partial charge in [0, 0.05) is 23.4 Å². The Bertz CT molecular complexity index is 920. The summed E-state index contributed by atoms with van der Waals surface area (Å²) in [6.07, 6.45) is 0.729. The molecule has 2 amide bonds. The van der Waals surface area contributed by atoms with Crippen LogP contribution in [-0.2, 0) is 6.42 Å². The fraction of sp³-hybridized carbons (Fsp3) is 0.130. The number of carbonyl (C=O) groups is 2. The van der Waals surface area contributed by atoms with E-state index in [-0.39, 0.29) is 11.8 Å². The number of amides is 2. The molecule has 0 aromatic heterocycles. The summed E-state index contributed by atoms with van der Waals surface area (Å²) < 4.78 is 5.13. The van der Waals surface area contributed by atoms with Crippen LogP contribution >= 0.6 is 0 Å². The zero-order valence-electron chi connectivity index (χ0n) is 15.6. The molecule has 0 atom stereocenters. The fourth-order valence-corrected chi connectivity index (χ4v) is 2.71. The fourth-order valence-electron chi connectivity index (χ4n) is 2.71. The minimum atomic E-state index is -0.210. The molecular formula is C23H22N2O3. The van der Waals surface area contributed by atoms with E-state index in [4.69, 9.17) is 4.74 Å². The van der Waals surface area contributed by atoms with Crippen molar-refractivity contribution in [1.29, 1.82) is 0 Å². The summed E-state index contributed by atoms with van der Waals surface area (Å²) >= 11 is 0. The van der Waals surface area contributed by atoms with Crippen LogP contribution in [-0.4, -0.2) is 25.5 Å². The van der Waals surface area contributed by atoms with Crippen LogP contribution in [0.5, 0.6) is 5.75 Å². The Morgan fingerprint density at radius 3 is 2.00 bits per heavy atom. The van der Waals surface area contributed by atoms with Gasteiger partial charge < -0.3 is 15.4 Å². The average molecular weight is 374 g/mol. The number of carbonyl (C=O) groups excluding carboxylic acids is 2. The number of hydrogen-bond donors (Lipinski definition) is 2. The highest BCUT2D eigenvalue weighted by Gasteiger charge is 2.09. The summed E-state index contributed by atoms with van der Waals surface area (Å²) in [5.41, 5.74) is 2.87. The van der Waals surface area contributed by atoms with Gasteiger partial charge in [-0.05, 0) is 60.5 Å². The molecular weight excluding hydrogens is 352 g/mol. The summed E-state index contributed by atoms with van der Waals surface area (Å²) in [6.45, 7) is 0.529. The van der Waals surface area contributed by atoms with E-state index in [9.17, 15) is 9.59 Å². The molecule has 28 heavy (non-hydrogen) atoms. The molecule has 5 nitrogen and oxygen atoms in total.